The summed E-state index contributed by atoms with van der Waals surface area (Å²) in [5.41, 5.74) is 1.54. The Morgan fingerprint density at radius 3 is 2.52 bits per heavy atom. The SMILES string of the molecule is CS(=O)(=O)N(CC(=O)NCCSCc1ccc(Cl)c(Cl)c1)c1cccc2ccccc12. The quantitative estimate of drug-likeness (QED) is 0.425. The highest BCUT2D eigenvalue weighted by Crippen LogP contribution is 2.28. The highest BCUT2D eigenvalue weighted by molar-refractivity contribution is 7.98. The summed E-state index contributed by atoms with van der Waals surface area (Å²) in [5, 5.41) is 5.52. The van der Waals surface area contributed by atoms with E-state index in [-0.39, 0.29) is 12.5 Å². The van der Waals surface area contributed by atoms with Crippen molar-refractivity contribution >= 4 is 67.4 Å². The average molecular weight is 497 g/mol. The number of amides is 1. The van der Waals surface area contributed by atoms with Crippen molar-refractivity contribution in [2.45, 2.75) is 5.75 Å². The molecule has 1 N–H and O–H groups in total. The molecule has 0 radical (unpaired) electrons. The van der Waals surface area contributed by atoms with E-state index in [2.05, 4.69) is 5.32 Å². The van der Waals surface area contributed by atoms with E-state index in [9.17, 15) is 13.2 Å². The predicted molar refractivity (Wildman–Crippen MR) is 132 cm³/mol. The van der Waals surface area contributed by atoms with Gasteiger partial charge < -0.3 is 5.32 Å². The molecule has 164 valence electrons. The standard InChI is InChI=1S/C22H22Cl2N2O3S2/c1-31(28,29)26(21-8-4-6-17-5-2-3-7-18(17)21)14-22(27)25-11-12-30-15-16-9-10-19(23)20(24)13-16/h2-10,13H,11-12,14-15H2,1H3,(H,25,27). The Morgan fingerprint density at radius 2 is 1.77 bits per heavy atom. The van der Waals surface area contributed by atoms with Gasteiger partial charge in [0, 0.05) is 23.4 Å². The van der Waals surface area contributed by atoms with Crippen molar-refractivity contribution in [1.29, 1.82) is 0 Å². The van der Waals surface area contributed by atoms with E-state index in [0.29, 0.717) is 28.0 Å². The second-order valence-corrected chi connectivity index (χ2v) is 10.7. The number of hydrogen-bond acceptors (Lipinski definition) is 4. The van der Waals surface area contributed by atoms with Gasteiger partial charge in [-0.1, -0.05) is 65.7 Å². The molecule has 0 bridgehead atoms. The van der Waals surface area contributed by atoms with E-state index >= 15 is 0 Å². The summed E-state index contributed by atoms with van der Waals surface area (Å²) >= 11 is 13.6. The van der Waals surface area contributed by atoms with Crippen molar-refractivity contribution in [1.82, 2.24) is 5.32 Å². The van der Waals surface area contributed by atoms with Gasteiger partial charge in [-0.3, -0.25) is 9.10 Å². The number of rotatable bonds is 9. The van der Waals surface area contributed by atoms with Crippen molar-refractivity contribution in [2.24, 2.45) is 0 Å². The van der Waals surface area contributed by atoms with Gasteiger partial charge in [-0.2, -0.15) is 11.8 Å². The lowest BCUT2D eigenvalue weighted by Crippen LogP contribution is -2.41. The topological polar surface area (TPSA) is 66.5 Å². The second-order valence-electron chi connectivity index (χ2n) is 6.92. The van der Waals surface area contributed by atoms with Crippen molar-refractivity contribution in [2.75, 3.05) is 29.4 Å². The van der Waals surface area contributed by atoms with E-state index in [1.54, 1.807) is 30.0 Å². The Bertz CT molecular complexity index is 1180. The lowest BCUT2D eigenvalue weighted by Gasteiger charge is -2.23. The molecule has 0 aromatic heterocycles. The molecule has 0 aliphatic rings. The first-order valence-corrected chi connectivity index (χ1v) is 13.3. The number of anilines is 1. The Morgan fingerprint density at radius 1 is 1.03 bits per heavy atom. The summed E-state index contributed by atoms with van der Waals surface area (Å²) in [6.45, 7) is 0.155. The lowest BCUT2D eigenvalue weighted by atomic mass is 10.1. The summed E-state index contributed by atoms with van der Waals surface area (Å²) in [6, 6.07) is 18.4. The van der Waals surface area contributed by atoms with Crippen molar-refractivity contribution in [3.63, 3.8) is 0 Å². The molecule has 0 aliphatic carbocycles. The number of nitrogens with zero attached hydrogens (tertiary/aromatic N) is 1. The smallest absolute Gasteiger partial charge is 0.240 e. The first kappa shape index (κ1) is 23.7. The third kappa shape index (κ3) is 6.53. The fourth-order valence-corrected chi connectivity index (χ4v) is 5.07. The summed E-state index contributed by atoms with van der Waals surface area (Å²) in [6.07, 6.45) is 1.11. The number of benzene rings is 3. The molecule has 0 spiro atoms. The van der Waals surface area contributed by atoms with Crippen LogP contribution in [0, 0.1) is 0 Å². The molecular formula is C22H22Cl2N2O3S2. The molecule has 0 atom stereocenters. The Balaban J connectivity index is 1.57. The molecule has 3 aromatic rings. The van der Waals surface area contributed by atoms with Gasteiger partial charge in [0.1, 0.15) is 6.54 Å². The minimum atomic E-state index is -3.64. The molecule has 5 nitrogen and oxygen atoms in total. The summed E-state index contributed by atoms with van der Waals surface area (Å²) < 4.78 is 26.0. The van der Waals surface area contributed by atoms with E-state index < -0.39 is 10.0 Å². The molecule has 0 saturated carbocycles. The van der Waals surface area contributed by atoms with Gasteiger partial charge in [0.15, 0.2) is 0 Å². The van der Waals surface area contributed by atoms with Gasteiger partial charge in [0.2, 0.25) is 15.9 Å². The number of halogens is 2. The number of thioether (sulfide) groups is 1. The maximum atomic E-state index is 12.5. The number of nitrogens with one attached hydrogen (secondary N) is 1. The van der Waals surface area contributed by atoms with Gasteiger partial charge >= 0.3 is 0 Å². The largest absolute Gasteiger partial charge is 0.354 e. The molecule has 3 rings (SSSR count). The molecule has 0 heterocycles. The van der Waals surface area contributed by atoms with Crippen molar-refractivity contribution in [3.05, 3.63) is 76.3 Å². The maximum Gasteiger partial charge on any atom is 0.240 e. The van der Waals surface area contributed by atoms with E-state index in [1.807, 2.05) is 42.5 Å². The molecular weight excluding hydrogens is 475 g/mol. The number of carbonyl (C=O) groups excluding carboxylic acids is 1. The third-order valence-corrected chi connectivity index (χ3v) is 7.44. The van der Waals surface area contributed by atoms with Gasteiger partial charge in [0.25, 0.3) is 0 Å². The Hall–Kier alpha value is -1.93. The van der Waals surface area contributed by atoms with Crippen LogP contribution in [0.2, 0.25) is 10.0 Å². The summed E-state index contributed by atoms with van der Waals surface area (Å²) in [5.74, 6) is 1.06. The third-order valence-electron chi connectivity index (χ3n) is 4.54. The van der Waals surface area contributed by atoms with Gasteiger partial charge in [-0.15, -0.1) is 0 Å². The minimum absolute atomic E-state index is 0.274. The molecule has 0 unspecified atom stereocenters. The van der Waals surface area contributed by atoms with Crippen molar-refractivity contribution < 1.29 is 13.2 Å². The first-order chi connectivity index (χ1) is 14.8. The fourth-order valence-electron chi connectivity index (χ4n) is 3.08. The van der Waals surface area contributed by atoms with Gasteiger partial charge in [-0.25, -0.2) is 8.42 Å². The Kier molecular flexibility index (Phi) is 8.11. The monoisotopic (exact) mass is 496 g/mol. The lowest BCUT2D eigenvalue weighted by molar-refractivity contribution is -0.119. The van der Waals surface area contributed by atoms with E-state index in [4.69, 9.17) is 23.2 Å². The van der Waals surface area contributed by atoms with Crippen LogP contribution < -0.4 is 9.62 Å². The second kappa shape index (κ2) is 10.6. The van der Waals surface area contributed by atoms with E-state index in [1.165, 1.54) is 0 Å². The fraction of sp³-hybridized carbons (Fsp3) is 0.227. The van der Waals surface area contributed by atoms with Crippen LogP contribution in [0.3, 0.4) is 0 Å². The Labute approximate surface area is 196 Å². The van der Waals surface area contributed by atoms with Crippen LogP contribution >= 0.6 is 35.0 Å². The van der Waals surface area contributed by atoms with Crippen LogP contribution in [0.15, 0.2) is 60.7 Å². The predicted octanol–water partition coefficient (Wildman–Crippen LogP) is 4.96. The molecule has 0 saturated heterocycles. The number of carbonyl (C=O) groups is 1. The summed E-state index contributed by atoms with van der Waals surface area (Å²) in [4.78, 5) is 12.5. The number of fused-ring (bicyclic) bond motifs is 1. The minimum Gasteiger partial charge on any atom is -0.354 e. The van der Waals surface area contributed by atoms with Crippen LogP contribution in [0.1, 0.15) is 5.56 Å². The van der Waals surface area contributed by atoms with Gasteiger partial charge in [0.05, 0.1) is 22.0 Å². The van der Waals surface area contributed by atoms with Gasteiger partial charge in [-0.05, 0) is 29.1 Å². The summed E-state index contributed by atoms with van der Waals surface area (Å²) in [7, 11) is -3.64. The molecule has 9 heteroatoms. The molecule has 3 aromatic carbocycles. The van der Waals surface area contributed by atoms with E-state index in [0.717, 1.165) is 32.6 Å². The molecule has 1 amide bonds. The zero-order chi connectivity index (χ0) is 22.4. The normalized spacial score (nSPS) is 11.5. The maximum absolute atomic E-state index is 12.5. The van der Waals surface area contributed by atoms with Crippen LogP contribution in [-0.2, 0) is 20.6 Å². The molecule has 0 aliphatic heterocycles. The van der Waals surface area contributed by atoms with Crippen LogP contribution in [0.4, 0.5) is 5.69 Å². The molecule has 31 heavy (non-hydrogen) atoms. The van der Waals surface area contributed by atoms with Crippen LogP contribution in [-0.4, -0.2) is 39.4 Å². The number of sulfonamides is 1. The highest BCUT2D eigenvalue weighted by Gasteiger charge is 2.22. The molecule has 0 fully saturated rings. The number of hydrogen-bond donors (Lipinski definition) is 1. The van der Waals surface area contributed by atoms with Crippen molar-refractivity contribution in [3.8, 4) is 0 Å². The highest BCUT2D eigenvalue weighted by atomic mass is 35.5. The van der Waals surface area contributed by atoms with Crippen LogP contribution in [0.25, 0.3) is 10.8 Å². The first-order valence-electron chi connectivity index (χ1n) is 9.49. The average Bonchev–Trinajstić information content (AvgIpc) is 2.73. The zero-order valence-corrected chi connectivity index (χ0v) is 20.0. The zero-order valence-electron chi connectivity index (χ0n) is 16.8. The van der Waals surface area contributed by atoms with Crippen LogP contribution in [0.5, 0.6) is 0 Å².